The lowest BCUT2D eigenvalue weighted by molar-refractivity contribution is -0.137. The molecule has 2 atom stereocenters. The Labute approximate surface area is 254 Å². The van der Waals surface area contributed by atoms with Crippen LogP contribution in [0, 0.1) is 17.8 Å². The Morgan fingerprint density at radius 2 is 1.77 bits per heavy atom. The summed E-state index contributed by atoms with van der Waals surface area (Å²) < 4.78 is 0. The molecule has 0 aliphatic carbocycles. The van der Waals surface area contributed by atoms with Gasteiger partial charge in [0.05, 0.1) is 6.04 Å². The summed E-state index contributed by atoms with van der Waals surface area (Å²) in [7, 11) is 0. The first-order chi connectivity index (χ1) is 20.5. The van der Waals surface area contributed by atoms with Gasteiger partial charge in [-0.15, -0.1) is 0 Å². The molecule has 2 aromatic carbocycles. The van der Waals surface area contributed by atoms with Gasteiger partial charge >= 0.3 is 0 Å². The van der Waals surface area contributed by atoms with E-state index < -0.39 is 18.0 Å². The zero-order valence-electron chi connectivity index (χ0n) is 25.4. The third-order valence-corrected chi connectivity index (χ3v) is 9.00. The second kappa shape index (κ2) is 12.7. The van der Waals surface area contributed by atoms with Crippen molar-refractivity contribution in [3.8, 4) is 11.8 Å². The van der Waals surface area contributed by atoms with Crippen LogP contribution in [0.15, 0.2) is 42.5 Å². The number of hydrogen-bond donors (Lipinski definition) is 2. The van der Waals surface area contributed by atoms with Crippen molar-refractivity contribution in [2.24, 2.45) is 11.7 Å². The molecule has 3 aliphatic heterocycles. The summed E-state index contributed by atoms with van der Waals surface area (Å²) in [5.74, 6) is 6.19. The van der Waals surface area contributed by atoms with Crippen LogP contribution in [0.1, 0.15) is 91.9 Å². The molecule has 0 radical (unpaired) electrons. The Balaban J connectivity index is 1.09. The fourth-order valence-corrected chi connectivity index (χ4v) is 6.30. The molecule has 8 nitrogen and oxygen atoms in total. The van der Waals surface area contributed by atoms with Gasteiger partial charge in [-0.2, -0.15) is 0 Å². The highest BCUT2D eigenvalue weighted by molar-refractivity contribution is 6.05. The Morgan fingerprint density at radius 3 is 2.44 bits per heavy atom. The molecular formula is C35H42N4O4. The smallest absolute Gasteiger partial charge is 0.255 e. The van der Waals surface area contributed by atoms with Gasteiger partial charge in [-0.1, -0.05) is 62.9 Å². The number of carbonyl (C=O) groups is 4. The standard InChI is InChI=1S/C35H42N4O4/c1-35(2,3)26-13-11-24(12-14-26)21-29(36)34(43)38-19-17-23(18-20-38)7-4-5-8-25-9-6-10-27-28(25)22-39(33(27)42)30-15-16-31(40)37-32(30)41/h6,9-14,23,29-30H,4,7,15-22,36H2,1-3H3,(H,37,40,41). The second-order valence-corrected chi connectivity index (χ2v) is 13.1. The lowest BCUT2D eigenvalue weighted by Gasteiger charge is -2.33. The van der Waals surface area contributed by atoms with E-state index in [2.05, 4.69) is 62.2 Å². The molecule has 8 heteroatoms. The summed E-state index contributed by atoms with van der Waals surface area (Å²) in [5.41, 5.74) is 11.0. The molecule has 2 fully saturated rings. The van der Waals surface area contributed by atoms with Gasteiger partial charge in [0.1, 0.15) is 6.04 Å². The minimum Gasteiger partial charge on any atom is -0.341 e. The zero-order valence-corrected chi connectivity index (χ0v) is 25.4. The van der Waals surface area contributed by atoms with E-state index in [1.807, 2.05) is 17.0 Å². The van der Waals surface area contributed by atoms with Crippen LogP contribution in [0.4, 0.5) is 0 Å². The highest BCUT2D eigenvalue weighted by Crippen LogP contribution is 2.30. The second-order valence-electron chi connectivity index (χ2n) is 13.1. The number of nitrogens with two attached hydrogens (primary N) is 1. The highest BCUT2D eigenvalue weighted by Gasteiger charge is 2.39. The van der Waals surface area contributed by atoms with E-state index in [9.17, 15) is 19.2 Å². The van der Waals surface area contributed by atoms with Gasteiger partial charge in [-0.3, -0.25) is 24.5 Å². The number of nitrogens with zero attached hydrogens (tertiary/aromatic N) is 2. The Kier molecular flexibility index (Phi) is 9.03. The summed E-state index contributed by atoms with van der Waals surface area (Å²) in [6.07, 6.45) is 4.68. The van der Waals surface area contributed by atoms with Gasteiger partial charge in [0.2, 0.25) is 17.7 Å². The molecule has 5 rings (SSSR count). The van der Waals surface area contributed by atoms with Crippen molar-refractivity contribution in [2.75, 3.05) is 13.1 Å². The summed E-state index contributed by atoms with van der Waals surface area (Å²) >= 11 is 0. The fourth-order valence-electron chi connectivity index (χ4n) is 6.30. The van der Waals surface area contributed by atoms with Crippen molar-refractivity contribution < 1.29 is 19.2 Å². The van der Waals surface area contributed by atoms with Gasteiger partial charge in [0.15, 0.2) is 0 Å². The van der Waals surface area contributed by atoms with Crippen LogP contribution in [0.3, 0.4) is 0 Å². The number of fused-ring (bicyclic) bond motifs is 1. The Hall–Kier alpha value is -3.96. The number of carbonyl (C=O) groups excluding carboxylic acids is 4. The maximum Gasteiger partial charge on any atom is 0.255 e. The molecule has 226 valence electrons. The van der Waals surface area contributed by atoms with Crippen molar-refractivity contribution in [1.82, 2.24) is 15.1 Å². The first-order valence-electron chi connectivity index (χ1n) is 15.4. The molecule has 3 aliphatic rings. The minimum absolute atomic E-state index is 0.0250. The maximum atomic E-state index is 13.0. The molecule has 0 saturated carbocycles. The van der Waals surface area contributed by atoms with Gasteiger partial charge in [-0.05, 0) is 72.3 Å². The number of nitrogens with one attached hydrogen (secondary N) is 1. The molecule has 2 unspecified atom stereocenters. The van der Waals surface area contributed by atoms with E-state index in [1.54, 1.807) is 11.0 Å². The molecule has 3 N–H and O–H groups in total. The molecule has 3 heterocycles. The first kappa shape index (κ1) is 30.5. The number of rotatable bonds is 6. The third kappa shape index (κ3) is 7.00. The molecule has 4 amide bonds. The normalized spacial score (nSPS) is 19.9. The van der Waals surface area contributed by atoms with E-state index in [-0.39, 0.29) is 29.6 Å². The highest BCUT2D eigenvalue weighted by atomic mass is 16.2. The van der Waals surface area contributed by atoms with E-state index in [0.29, 0.717) is 30.9 Å². The van der Waals surface area contributed by atoms with Crippen molar-refractivity contribution in [1.29, 1.82) is 0 Å². The predicted molar refractivity (Wildman–Crippen MR) is 165 cm³/mol. The van der Waals surface area contributed by atoms with Crippen LogP contribution < -0.4 is 11.1 Å². The summed E-state index contributed by atoms with van der Waals surface area (Å²) in [5, 5.41) is 2.34. The molecule has 0 aromatic heterocycles. The topological polar surface area (TPSA) is 113 Å². The van der Waals surface area contributed by atoms with E-state index in [4.69, 9.17) is 5.73 Å². The van der Waals surface area contributed by atoms with Gasteiger partial charge in [-0.25, -0.2) is 0 Å². The fraction of sp³-hybridized carbons (Fsp3) is 0.486. The van der Waals surface area contributed by atoms with Gasteiger partial charge < -0.3 is 15.5 Å². The summed E-state index contributed by atoms with van der Waals surface area (Å²) in [4.78, 5) is 53.4. The molecule has 0 spiro atoms. The van der Waals surface area contributed by atoms with Crippen LogP contribution in [-0.4, -0.2) is 58.6 Å². The van der Waals surface area contributed by atoms with Gasteiger partial charge in [0.25, 0.3) is 5.91 Å². The largest absolute Gasteiger partial charge is 0.341 e. The average molecular weight is 583 g/mol. The van der Waals surface area contributed by atoms with Gasteiger partial charge in [0, 0.05) is 43.6 Å². The van der Waals surface area contributed by atoms with Crippen LogP contribution in [0.2, 0.25) is 0 Å². The monoisotopic (exact) mass is 582 g/mol. The van der Waals surface area contributed by atoms with E-state index >= 15 is 0 Å². The predicted octanol–water partition coefficient (Wildman–Crippen LogP) is 3.69. The number of imide groups is 1. The summed E-state index contributed by atoms with van der Waals surface area (Å²) in [6.45, 7) is 8.32. The molecular weight excluding hydrogens is 540 g/mol. The number of hydrogen-bond acceptors (Lipinski definition) is 5. The van der Waals surface area contributed by atoms with Crippen molar-refractivity contribution in [3.05, 3.63) is 70.3 Å². The maximum absolute atomic E-state index is 13.0. The lowest BCUT2D eigenvalue weighted by atomic mass is 9.86. The summed E-state index contributed by atoms with van der Waals surface area (Å²) in [6, 6.07) is 12.8. The zero-order chi connectivity index (χ0) is 30.7. The Bertz CT molecular complexity index is 1460. The first-order valence-corrected chi connectivity index (χ1v) is 15.4. The van der Waals surface area contributed by atoms with Crippen molar-refractivity contribution >= 4 is 23.6 Å². The van der Waals surface area contributed by atoms with Crippen LogP contribution in [0.5, 0.6) is 0 Å². The number of likely N-dealkylation sites (tertiary alicyclic amines) is 1. The number of benzene rings is 2. The quantitative estimate of drug-likeness (QED) is 0.399. The Morgan fingerprint density at radius 1 is 1.05 bits per heavy atom. The third-order valence-electron chi connectivity index (χ3n) is 9.00. The SMILES string of the molecule is CC(C)(C)c1ccc(CC(N)C(=O)N2CCC(CCC#Cc3cccc4c3CN(C3CCC(=O)NC3=O)C4=O)CC2)cc1. The lowest BCUT2D eigenvalue weighted by Crippen LogP contribution is -2.52. The molecule has 0 bridgehead atoms. The van der Waals surface area contributed by atoms with E-state index in [0.717, 1.165) is 55.5 Å². The minimum atomic E-state index is -0.634. The average Bonchev–Trinajstić information content (AvgIpc) is 3.31. The number of amides is 4. The molecule has 2 saturated heterocycles. The van der Waals surface area contributed by atoms with Crippen molar-refractivity contribution in [3.63, 3.8) is 0 Å². The van der Waals surface area contributed by atoms with Crippen LogP contribution >= 0.6 is 0 Å². The molecule has 43 heavy (non-hydrogen) atoms. The number of piperidine rings is 2. The van der Waals surface area contributed by atoms with Crippen LogP contribution in [-0.2, 0) is 32.8 Å². The molecule has 2 aromatic rings. The van der Waals surface area contributed by atoms with Crippen molar-refractivity contribution in [2.45, 2.75) is 89.8 Å². The van der Waals surface area contributed by atoms with E-state index in [1.165, 1.54) is 5.56 Å². The van der Waals surface area contributed by atoms with Crippen LogP contribution in [0.25, 0.3) is 0 Å².